The van der Waals surface area contributed by atoms with Crippen molar-refractivity contribution >= 4 is 15.9 Å². The molecular weight excluding hydrogens is 462 g/mol. The van der Waals surface area contributed by atoms with Crippen molar-refractivity contribution in [1.29, 1.82) is 0 Å². The molecule has 0 unspecified atom stereocenters. The maximum absolute atomic E-state index is 14.1. The van der Waals surface area contributed by atoms with Gasteiger partial charge in [-0.2, -0.15) is 9.40 Å². The SMILES string of the molecule is O=C(c1nn(-c2ccc(F)cc2)c2c1CCCC2)N1CCN(S(=O)(=O)c2ccccc2F)CC1. The van der Waals surface area contributed by atoms with Crippen LogP contribution < -0.4 is 0 Å². The molecule has 1 aromatic heterocycles. The largest absolute Gasteiger partial charge is 0.335 e. The first kappa shape index (κ1) is 22.7. The summed E-state index contributed by atoms with van der Waals surface area (Å²) in [4.78, 5) is 14.7. The number of piperazine rings is 1. The number of halogens is 2. The summed E-state index contributed by atoms with van der Waals surface area (Å²) < 4.78 is 56.2. The molecule has 3 aromatic rings. The van der Waals surface area contributed by atoms with Crippen molar-refractivity contribution in [2.45, 2.75) is 30.6 Å². The monoisotopic (exact) mass is 486 g/mol. The fraction of sp³-hybridized carbons (Fsp3) is 0.333. The molecule has 0 atom stereocenters. The highest BCUT2D eigenvalue weighted by atomic mass is 32.2. The van der Waals surface area contributed by atoms with E-state index in [1.807, 2.05) is 0 Å². The lowest BCUT2D eigenvalue weighted by Gasteiger charge is -2.33. The second kappa shape index (κ2) is 8.92. The normalized spacial score (nSPS) is 16.9. The zero-order chi connectivity index (χ0) is 23.9. The number of hydrogen-bond donors (Lipinski definition) is 0. The molecule has 178 valence electrons. The molecule has 10 heteroatoms. The van der Waals surface area contributed by atoms with E-state index in [1.165, 1.54) is 34.6 Å². The summed E-state index contributed by atoms with van der Waals surface area (Å²) in [5.41, 5.74) is 2.92. The zero-order valence-corrected chi connectivity index (χ0v) is 19.3. The van der Waals surface area contributed by atoms with Gasteiger partial charge in [0.25, 0.3) is 5.91 Å². The second-order valence-electron chi connectivity index (χ2n) is 8.50. The molecule has 2 aliphatic rings. The Bertz CT molecular complexity index is 1330. The lowest BCUT2D eigenvalue weighted by Crippen LogP contribution is -2.50. The van der Waals surface area contributed by atoms with E-state index in [0.717, 1.165) is 43.0 Å². The summed E-state index contributed by atoms with van der Waals surface area (Å²) in [5.74, 6) is -1.38. The molecular formula is C24H24F2N4O3S. The lowest BCUT2D eigenvalue weighted by molar-refractivity contribution is 0.0690. The van der Waals surface area contributed by atoms with Gasteiger partial charge in [-0.1, -0.05) is 12.1 Å². The van der Waals surface area contributed by atoms with E-state index < -0.39 is 15.8 Å². The number of sulfonamides is 1. The van der Waals surface area contributed by atoms with Crippen LogP contribution in [-0.4, -0.2) is 59.5 Å². The number of nitrogens with zero attached hydrogens (tertiary/aromatic N) is 4. The van der Waals surface area contributed by atoms with E-state index in [9.17, 15) is 22.0 Å². The molecule has 1 fully saturated rings. The molecule has 0 bridgehead atoms. The van der Waals surface area contributed by atoms with Gasteiger partial charge in [-0.05, 0) is 62.1 Å². The van der Waals surface area contributed by atoms with Crippen molar-refractivity contribution in [2.75, 3.05) is 26.2 Å². The number of carbonyl (C=O) groups is 1. The van der Waals surface area contributed by atoms with Gasteiger partial charge in [0.15, 0.2) is 5.69 Å². The summed E-state index contributed by atoms with van der Waals surface area (Å²) in [5, 5.41) is 4.62. The molecule has 34 heavy (non-hydrogen) atoms. The number of hydrogen-bond acceptors (Lipinski definition) is 4. The molecule has 1 saturated heterocycles. The van der Waals surface area contributed by atoms with Crippen molar-refractivity contribution in [1.82, 2.24) is 19.0 Å². The number of fused-ring (bicyclic) bond motifs is 1. The van der Waals surface area contributed by atoms with Crippen LogP contribution in [0, 0.1) is 11.6 Å². The highest BCUT2D eigenvalue weighted by Gasteiger charge is 2.34. The maximum Gasteiger partial charge on any atom is 0.274 e. The van der Waals surface area contributed by atoms with Gasteiger partial charge >= 0.3 is 0 Å². The molecule has 0 saturated carbocycles. The Morgan fingerprint density at radius 1 is 0.882 bits per heavy atom. The first-order chi connectivity index (χ1) is 16.4. The Labute approximate surface area is 196 Å². The molecule has 0 N–H and O–H groups in total. The smallest absolute Gasteiger partial charge is 0.274 e. The summed E-state index contributed by atoms with van der Waals surface area (Å²) in [6.07, 6.45) is 3.46. The van der Waals surface area contributed by atoms with Gasteiger partial charge < -0.3 is 4.90 Å². The first-order valence-electron chi connectivity index (χ1n) is 11.3. The second-order valence-corrected chi connectivity index (χ2v) is 10.4. The third-order valence-electron chi connectivity index (χ3n) is 6.43. The third kappa shape index (κ3) is 4.01. The fourth-order valence-corrected chi connectivity index (χ4v) is 6.13. The van der Waals surface area contributed by atoms with E-state index in [1.54, 1.807) is 21.7 Å². The first-order valence-corrected chi connectivity index (χ1v) is 12.7. The quantitative estimate of drug-likeness (QED) is 0.568. The van der Waals surface area contributed by atoms with Crippen LogP contribution in [0.3, 0.4) is 0 Å². The Kier molecular flexibility index (Phi) is 5.95. The molecule has 2 aromatic carbocycles. The van der Waals surface area contributed by atoms with Crippen LogP contribution in [0.15, 0.2) is 53.4 Å². The highest BCUT2D eigenvalue weighted by Crippen LogP contribution is 2.28. The van der Waals surface area contributed by atoms with Crippen molar-refractivity contribution in [3.63, 3.8) is 0 Å². The Balaban J connectivity index is 1.37. The van der Waals surface area contributed by atoms with Crippen LogP contribution in [0.25, 0.3) is 5.69 Å². The van der Waals surface area contributed by atoms with Crippen LogP contribution >= 0.6 is 0 Å². The molecule has 7 nitrogen and oxygen atoms in total. The summed E-state index contributed by atoms with van der Waals surface area (Å²) in [6.45, 7) is 0.516. The van der Waals surface area contributed by atoms with E-state index >= 15 is 0 Å². The third-order valence-corrected chi connectivity index (χ3v) is 8.37. The van der Waals surface area contributed by atoms with Gasteiger partial charge in [0.2, 0.25) is 10.0 Å². The van der Waals surface area contributed by atoms with Crippen molar-refractivity contribution < 1.29 is 22.0 Å². The van der Waals surface area contributed by atoms with Crippen molar-refractivity contribution in [3.05, 3.63) is 77.1 Å². The predicted octanol–water partition coefficient (Wildman–Crippen LogP) is 3.18. The van der Waals surface area contributed by atoms with Gasteiger partial charge in [-0.3, -0.25) is 4.79 Å². The van der Waals surface area contributed by atoms with E-state index in [0.29, 0.717) is 11.4 Å². The Morgan fingerprint density at radius 3 is 2.26 bits per heavy atom. The lowest BCUT2D eigenvalue weighted by atomic mass is 9.95. The zero-order valence-electron chi connectivity index (χ0n) is 18.5. The molecule has 1 amide bonds. The number of rotatable bonds is 4. The van der Waals surface area contributed by atoms with E-state index in [2.05, 4.69) is 5.10 Å². The standard InChI is InChI=1S/C24H24F2N4O3S/c25-17-9-11-18(12-10-17)30-21-7-3-1-5-19(21)23(27-30)24(31)28-13-15-29(16-14-28)34(32,33)22-8-4-2-6-20(22)26/h2,4,6,8-12H,1,3,5,7,13-16H2. The van der Waals surface area contributed by atoms with Gasteiger partial charge in [0, 0.05) is 37.4 Å². The van der Waals surface area contributed by atoms with Crippen LogP contribution in [-0.2, 0) is 22.9 Å². The number of benzene rings is 2. The summed E-state index contributed by atoms with van der Waals surface area (Å²) in [7, 11) is -3.99. The highest BCUT2D eigenvalue weighted by molar-refractivity contribution is 7.89. The Hall–Kier alpha value is -3.11. The summed E-state index contributed by atoms with van der Waals surface area (Å²) >= 11 is 0. The molecule has 1 aliphatic carbocycles. The predicted molar refractivity (Wildman–Crippen MR) is 121 cm³/mol. The minimum atomic E-state index is -3.99. The van der Waals surface area contributed by atoms with Crippen LogP contribution in [0.4, 0.5) is 8.78 Å². The number of aromatic nitrogens is 2. The average Bonchev–Trinajstić information content (AvgIpc) is 3.24. The molecule has 0 spiro atoms. The molecule has 1 aliphatic heterocycles. The van der Waals surface area contributed by atoms with Crippen LogP contribution in [0.5, 0.6) is 0 Å². The van der Waals surface area contributed by atoms with Gasteiger partial charge in [-0.25, -0.2) is 21.9 Å². The van der Waals surface area contributed by atoms with E-state index in [4.69, 9.17) is 0 Å². The van der Waals surface area contributed by atoms with Crippen LogP contribution in [0.2, 0.25) is 0 Å². The van der Waals surface area contributed by atoms with Gasteiger partial charge in [0.05, 0.1) is 5.69 Å². The van der Waals surface area contributed by atoms with Gasteiger partial charge in [-0.15, -0.1) is 0 Å². The maximum atomic E-state index is 14.1. The van der Waals surface area contributed by atoms with Gasteiger partial charge in [0.1, 0.15) is 16.5 Å². The minimum absolute atomic E-state index is 0.0727. The summed E-state index contributed by atoms with van der Waals surface area (Å²) in [6, 6.07) is 11.3. The van der Waals surface area contributed by atoms with E-state index in [-0.39, 0.29) is 42.8 Å². The molecule has 5 rings (SSSR count). The number of amides is 1. The molecule has 2 heterocycles. The van der Waals surface area contributed by atoms with Crippen molar-refractivity contribution in [2.24, 2.45) is 0 Å². The average molecular weight is 487 g/mol. The fourth-order valence-electron chi connectivity index (χ4n) is 4.64. The topological polar surface area (TPSA) is 75.5 Å². The van der Waals surface area contributed by atoms with Crippen molar-refractivity contribution in [3.8, 4) is 5.69 Å². The molecule has 0 radical (unpaired) electrons. The number of carbonyl (C=O) groups excluding carboxylic acids is 1. The Morgan fingerprint density at radius 2 is 1.56 bits per heavy atom. The van der Waals surface area contributed by atoms with Crippen LogP contribution in [0.1, 0.15) is 34.6 Å². The minimum Gasteiger partial charge on any atom is -0.335 e.